The Morgan fingerprint density at radius 2 is 1.91 bits per heavy atom. The minimum absolute atomic E-state index is 0.160. The molecule has 22 heavy (non-hydrogen) atoms. The number of carboxylic acids is 1. The van der Waals surface area contributed by atoms with E-state index in [4.69, 9.17) is 4.74 Å². The minimum Gasteiger partial charge on any atom is -0.478 e. The van der Waals surface area contributed by atoms with E-state index in [-0.39, 0.29) is 5.56 Å². The van der Waals surface area contributed by atoms with Crippen LogP contribution in [0.2, 0.25) is 0 Å². The molecule has 5 nitrogen and oxygen atoms in total. The number of ether oxygens (including phenoxy) is 1. The van der Waals surface area contributed by atoms with Crippen LogP contribution in [0.15, 0.2) is 18.2 Å². The number of nitrogens with one attached hydrogen (secondary N) is 1. The molecule has 1 amide bonds. The van der Waals surface area contributed by atoms with Gasteiger partial charge in [0.2, 0.25) is 0 Å². The van der Waals surface area contributed by atoms with Crippen molar-refractivity contribution in [2.45, 2.75) is 52.4 Å². The molecule has 0 spiro atoms. The number of unbranched alkanes of at least 4 members (excludes halogenated alkanes) is 3. The summed E-state index contributed by atoms with van der Waals surface area (Å²) in [5.74, 6) is -1.03. The van der Waals surface area contributed by atoms with Gasteiger partial charge in [-0.3, -0.25) is 5.32 Å². The van der Waals surface area contributed by atoms with Crippen LogP contribution in [0.1, 0.15) is 61.9 Å². The molecule has 0 aliphatic rings. The Morgan fingerprint density at radius 3 is 2.55 bits per heavy atom. The molecule has 0 saturated carbocycles. The molecule has 5 heteroatoms. The fraction of sp³-hybridized carbons (Fsp3) is 0.529. The summed E-state index contributed by atoms with van der Waals surface area (Å²) in [7, 11) is 0. The molecule has 0 unspecified atom stereocenters. The average Bonchev–Trinajstić information content (AvgIpc) is 2.49. The number of anilines is 1. The summed E-state index contributed by atoms with van der Waals surface area (Å²) in [6, 6.07) is 5.15. The van der Waals surface area contributed by atoms with E-state index in [0.717, 1.165) is 37.7 Å². The second kappa shape index (κ2) is 9.82. The highest BCUT2D eigenvalue weighted by Crippen LogP contribution is 2.22. The zero-order chi connectivity index (χ0) is 16.4. The van der Waals surface area contributed by atoms with Gasteiger partial charge < -0.3 is 9.84 Å². The lowest BCUT2D eigenvalue weighted by Crippen LogP contribution is -2.17. The molecule has 0 aromatic heterocycles. The molecule has 0 saturated heterocycles. The Hall–Kier alpha value is -2.04. The van der Waals surface area contributed by atoms with Gasteiger partial charge >= 0.3 is 12.1 Å². The molecule has 0 atom stereocenters. The number of aryl methyl sites for hydroxylation is 1. The number of carbonyl (C=O) groups excluding carboxylic acids is 1. The van der Waals surface area contributed by atoms with Gasteiger partial charge in [0.25, 0.3) is 0 Å². The van der Waals surface area contributed by atoms with Crippen LogP contribution >= 0.6 is 0 Å². The fourth-order valence-corrected chi connectivity index (χ4v) is 2.25. The Bertz CT molecular complexity index is 499. The number of amides is 1. The molecule has 2 N–H and O–H groups in total. The quantitative estimate of drug-likeness (QED) is 0.660. The van der Waals surface area contributed by atoms with Crippen molar-refractivity contribution in [1.29, 1.82) is 0 Å². The number of carbonyl (C=O) groups is 2. The van der Waals surface area contributed by atoms with Crippen molar-refractivity contribution >= 4 is 17.7 Å². The van der Waals surface area contributed by atoms with Crippen LogP contribution in [0.5, 0.6) is 0 Å². The lowest BCUT2D eigenvalue weighted by atomic mass is 9.99. The largest absolute Gasteiger partial charge is 0.478 e. The standard InChI is InChI=1S/C17H25NO4/c1-3-5-6-7-9-13-10-8-11-14(15(13)16(19)20)18-17(21)22-12-4-2/h8,10-11H,3-7,9,12H2,1-2H3,(H,18,21)(H,19,20). The Kier molecular flexibility index (Phi) is 8.04. The maximum Gasteiger partial charge on any atom is 0.411 e. The summed E-state index contributed by atoms with van der Waals surface area (Å²) >= 11 is 0. The van der Waals surface area contributed by atoms with E-state index < -0.39 is 12.1 Å². The maximum atomic E-state index is 11.6. The van der Waals surface area contributed by atoms with Gasteiger partial charge in [0.15, 0.2) is 0 Å². The third kappa shape index (κ3) is 5.76. The van der Waals surface area contributed by atoms with E-state index in [1.165, 1.54) is 0 Å². The van der Waals surface area contributed by atoms with Gasteiger partial charge in [-0.2, -0.15) is 0 Å². The van der Waals surface area contributed by atoms with Gasteiger partial charge in [-0.15, -0.1) is 0 Å². The van der Waals surface area contributed by atoms with Crippen LogP contribution < -0.4 is 5.32 Å². The van der Waals surface area contributed by atoms with E-state index in [0.29, 0.717) is 18.7 Å². The number of benzene rings is 1. The highest BCUT2D eigenvalue weighted by atomic mass is 16.5. The molecular weight excluding hydrogens is 282 g/mol. The van der Waals surface area contributed by atoms with Gasteiger partial charge in [-0.25, -0.2) is 9.59 Å². The van der Waals surface area contributed by atoms with Crippen LogP contribution in [0, 0.1) is 0 Å². The van der Waals surface area contributed by atoms with Crippen molar-refractivity contribution < 1.29 is 19.4 Å². The summed E-state index contributed by atoms with van der Waals surface area (Å²) in [6.07, 6.45) is 5.09. The second-order valence-corrected chi connectivity index (χ2v) is 5.22. The smallest absolute Gasteiger partial charge is 0.411 e. The third-order valence-corrected chi connectivity index (χ3v) is 3.34. The van der Waals surface area contributed by atoms with Crippen LogP contribution in [0.3, 0.4) is 0 Å². The number of hydrogen-bond donors (Lipinski definition) is 2. The Morgan fingerprint density at radius 1 is 1.14 bits per heavy atom. The van der Waals surface area contributed by atoms with Crippen LogP contribution in [0.25, 0.3) is 0 Å². The van der Waals surface area contributed by atoms with Gasteiger partial charge in [-0.05, 0) is 30.9 Å². The minimum atomic E-state index is -1.03. The molecule has 0 heterocycles. The van der Waals surface area contributed by atoms with Crippen LogP contribution in [-0.4, -0.2) is 23.8 Å². The second-order valence-electron chi connectivity index (χ2n) is 5.22. The van der Waals surface area contributed by atoms with E-state index in [2.05, 4.69) is 12.2 Å². The molecule has 0 bridgehead atoms. The number of carboxylic acid groups (broad SMARTS) is 1. The van der Waals surface area contributed by atoms with Crippen molar-refractivity contribution in [1.82, 2.24) is 0 Å². The SMILES string of the molecule is CCCCCCc1cccc(NC(=O)OCCC)c1C(=O)O. The molecule has 1 rings (SSSR count). The first-order valence-electron chi connectivity index (χ1n) is 7.89. The topological polar surface area (TPSA) is 75.6 Å². The molecular formula is C17H25NO4. The zero-order valence-electron chi connectivity index (χ0n) is 13.4. The van der Waals surface area contributed by atoms with E-state index in [1.807, 2.05) is 6.92 Å². The predicted octanol–water partition coefficient (Wildman–Crippen LogP) is 4.47. The first kappa shape index (κ1) is 18.0. The Balaban J connectivity index is 2.83. The van der Waals surface area contributed by atoms with Crippen molar-refractivity contribution in [3.8, 4) is 0 Å². The number of aromatic carboxylic acids is 1. The highest BCUT2D eigenvalue weighted by molar-refractivity contribution is 6.00. The summed E-state index contributed by atoms with van der Waals surface area (Å²) in [4.78, 5) is 23.2. The lowest BCUT2D eigenvalue weighted by molar-refractivity contribution is 0.0697. The van der Waals surface area contributed by atoms with E-state index >= 15 is 0 Å². The zero-order valence-corrected chi connectivity index (χ0v) is 13.4. The summed E-state index contributed by atoms with van der Waals surface area (Å²) in [5, 5.41) is 12.0. The van der Waals surface area contributed by atoms with Gasteiger partial charge in [0, 0.05) is 0 Å². The van der Waals surface area contributed by atoms with Gasteiger partial charge in [0.05, 0.1) is 17.9 Å². The fourth-order valence-electron chi connectivity index (χ4n) is 2.25. The number of rotatable bonds is 9. The predicted molar refractivity (Wildman–Crippen MR) is 86.5 cm³/mol. The first-order chi connectivity index (χ1) is 10.6. The summed E-state index contributed by atoms with van der Waals surface area (Å²) < 4.78 is 4.94. The number of hydrogen-bond acceptors (Lipinski definition) is 3. The van der Waals surface area contributed by atoms with Gasteiger partial charge in [-0.1, -0.05) is 45.2 Å². The van der Waals surface area contributed by atoms with Crippen molar-refractivity contribution in [3.05, 3.63) is 29.3 Å². The summed E-state index contributed by atoms with van der Waals surface area (Å²) in [5.41, 5.74) is 1.20. The van der Waals surface area contributed by atoms with Crippen LogP contribution in [-0.2, 0) is 11.2 Å². The molecule has 0 radical (unpaired) electrons. The lowest BCUT2D eigenvalue weighted by Gasteiger charge is -2.12. The third-order valence-electron chi connectivity index (χ3n) is 3.34. The highest BCUT2D eigenvalue weighted by Gasteiger charge is 2.17. The molecule has 1 aromatic rings. The summed E-state index contributed by atoms with van der Waals surface area (Å²) in [6.45, 7) is 4.34. The molecule has 0 aliphatic carbocycles. The van der Waals surface area contributed by atoms with Crippen molar-refractivity contribution in [2.24, 2.45) is 0 Å². The molecule has 122 valence electrons. The maximum absolute atomic E-state index is 11.6. The first-order valence-corrected chi connectivity index (χ1v) is 7.89. The van der Waals surface area contributed by atoms with Gasteiger partial charge in [0.1, 0.15) is 0 Å². The molecule has 0 fully saturated rings. The van der Waals surface area contributed by atoms with Crippen LogP contribution in [0.4, 0.5) is 10.5 Å². The van der Waals surface area contributed by atoms with Crippen molar-refractivity contribution in [3.63, 3.8) is 0 Å². The van der Waals surface area contributed by atoms with Crippen molar-refractivity contribution in [2.75, 3.05) is 11.9 Å². The van der Waals surface area contributed by atoms with E-state index in [9.17, 15) is 14.7 Å². The Labute approximate surface area is 131 Å². The normalized spacial score (nSPS) is 10.3. The van der Waals surface area contributed by atoms with E-state index in [1.54, 1.807) is 18.2 Å². The average molecular weight is 307 g/mol. The molecule has 0 aliphatic heterocycles. The molecule has 1 aromatic carbocycles. The monoisotopic (exact) mass is 307 g/mol.